The minimum Gasteiger partial charge on any atom is -0.490 e. The fraction of sp³-hybridized carbons (Fsp3) is 0.280. The zero-order valence-corrected chi connectivity index (χ0v) is 18.1. The molecule has 2 heterocycles. The van der Waals surface area contributed by atoms with E-state index in [9.17, 15) is 19.1 Å². The van der Waals surface area contributed by atoms with Crippen molar-refractivity contribution in [2.75, 3.05) is 5.32 Å². The fourth-order valence-corrected chi connectivity index (χ4v) is 5.85. The van der Waals surface area contributed by atoms with Gasteiger partial charge in [-0.2, -0.15) is 0 Å². The van der Waals surface area contributed by atoms with Crippen LogP contribution in [0.2, 0.25) is 0 Å². The van der Waals surface area contributed by atoms with Crippen molar-refractivity contribution in [3.8, 4) is 16.9 Å². The second-order valence-corrected chi connectivity index (χ2v) is 9.31. The molecule has 1 atom stereocenters. The second-order valence-electron chi connectivity index (χ2n) is 8.26. The highest BCUT2D eigenvalue weighted by atomic mass is 32.1. The Morgan fingerprint density at radius 3 is 2.59 bits per heavy atom. The Hall–Kier alpha value is -3.19. The number of hydrogen-bond donors (Lipinski definition) is 2. The Bertz CT molecular complexity index is 1180. The number of halogens is 1. The molecule has 1 aromatic heterocycles. The van der Waals surface area contributed by atoms with Crippen LogP contribution in [0.1, 0.15) is 58.1 Å². The lowest BCUT2D eigenvalue weighted by Gasteiger charge is -2.24. The number of amides is 1. The van der Waals surface area contributed by atoms with Crippen LogP contribution in [0.25, 0.3) is 11.1 Å². The first-order valence-corrected chi connectivity index (χ1v) is 11.5. The van der Waals surface area contributed by atoms with E-state index in [-0.39, 0.29) is 29.2 Å². The molecule has 0 unspecified atom stereocenters. The molecule has 2 N–H and O–H groups in total. The molecule has 32 heavy (non-hydrogen) atoms. The van der Waals surface area contributed by atoms with Crippen LogP contribution in [-0.2, 0) is 4.79 Å². The number of nitrogens with one attached hydrogen (secondary N) is 1. The van der Waals surface area contributed by atoms with Gasteiger partial charge in [-0.15, -0.1) is 11.3 Å². The molecular weight excluding hydrogens is 429 g/mol. The van der Waals surface area contributed by atoms with Crippen LogP contribution in [0.15, 0.2) is 48.5 Å². The minimum absolute atomic E-state index is 0.132. The van der Waals surface area contributed by atoms with Gasteiger partial charge in [0.1, 0.15) is 16.4 Å². The lowest BCUT2D eigenvalue weighted by Crippen LogP contribution is -2.22. The van der Waals surface area contributed by atoms with Crippen LogP contribution in [-0.4, -0.2) is 23.1 Å². The van der Waals surface area contributed by atoms with Crippen LogP contribution < -0.4 is 10.1 Å². The van der Waals surface area contributed by atoms with Crippen molar-refractivity contribution in [1.82, 2.24) is 0 Å². The van der Waals surface area contributed by atoms with Crippen molar-refractivity contribution in [3.63, 3.8) is 0 Å². The number of thiophene rings is 1. The summed E-state index contributed by atoms with van der Waals surface area (Å²) >= 11 is 1.16. The summed E-state index contributed by atoms with van der Waals surface area (Å²) in [7, 11) is 0. The topological polar surface area (TPSA) is 75.6 Å². The SMILES string of the molecule is O=C1C[C@@H](c2cccc(OC3CCCC3)c2)c2sc(C(=O)O)c(-c3ccc(F)cc3)c2N1. The van der Waals surface area contributed by atoms with Crippen molar-refractivity contribution < 1.29 is 23.8 Å². The van der Waals surface area contributed by atoms with Crippen molar-refractivity contribution in [2.24, 2.45) is 0 Å². The molecule has 0 spiro atoms. The first-order valence-electron chi connectivity index (χ1n) is 10.7. The van der Waals surface area contributed by atoms with Crippen molar-refractivity contribution >= 4 is 28.9 Å². The van der Waals surface area contributed by atoms with E-state index in [4.69, 9.17) is 4.74 Å². The minimum atomic E-state index is -1.07. The summed E-state index contributed by atoms with van der Waals surface area (Å²) in [5.41, 5.74) is 2.40. The number of rotatable bonds is 5. The van der Waals surface area contributed by atoms with Gasteiger partial charge in [0, 0.05) is 22.8 Å². The average Bonchev–Trinajstić information content (AvgIpc) is 3.42. The molecule has 7 heteroatoms. The number of benzene rings is 2. The Labute approximate surface area is 188 Å². The molecule has 1 saturated carbocycles. The molecule has 3 aromatic rings. The van der Waals surface area contributed by atoms with E-state index in [0.29, 0.717) is 16.8 Å². The number of hydrogen-bond acceptors (Lipinski definition) is 4. The highest BCUT2D eigenvalue weighted by molar-refractivity contribution is 7.15. The van der Waals surface area contributed by atoms with Crippen molar-refractivity contribution in [1.29, 1.82) is 0 Å². The number of carboxylic acids is 1. The summed E-state index contributed by atoms with van der Waals surface area (Å²) in [5, 5.41) is 12.7. The van der Waals surface area contributed by atoms with Gasteiger partial charge in [0.25, 0.3) is 0 Å². The van der Waals surface area contributed by atoms with Gasteiger partial charge in [-0.3, -0.25) is 4.79 Å². The Morgan fingerprint density at radius 2 is 1.88 bits per heavy atom. The van der Waals surface area contributed by atoms with Crippen LogP contribution in [0, 0.1) is 5.82 Å². The third-order valence-corrected chi connectivity index (χ3v) is 7.39. The van der Waals surface area contributed by atoms with Crippen LogP contribution in [0.5, 0.6) is 5.75 Å². The first-order chi connectivity index (χ1) is 15.5. The zero-order chi connectivity index (χ0) is 22.2. The number of carboxylic acid groups (broad SMARTS) is 1. The first kappa shape index (κ1) is 20.7. The van der Waals surface area contributed by atoms with Gasteiger partial charge in [0.15, 0.2) is 0 Å². The average molecular weight is 452 g/mol. The van der Waals surface area contributed by atoms with Gasteiger partial charge in [0.2, 0.25) is 5.91 Å². The Kier molecular flexibility index (Phi) is 5.43. The maximum atomic E-state index is 13.5. The standard InChI is InChI=1S/C25H22FNO4S/c26-16-10-8-14(9-11-16)21-22-23(32-24(21)25(29)30)19(13-20(28)27-22)15-4-3-7-18(12-15)31-17-5-1-2-6-17/h3-4,7-12,17,19H,1-2,5-6,13H2,(H,27,28)(H,29,30)/t19-/m0/s1. The van der Waals surface area contributed by atoms with E-state index in [2.05, 4.69) is 5.32 Å². The molecular formula is C25H22FNO4S. The predicted molar refractivity (Wildman–Crippen MR) is 121 cm³/mol. The van der Waals surface area contributed by atoms with Gasteiger partial charge in [-0.05, 0) is 61.1 Å². The van der Waals surface area contributed by atoms with Gasteiger partial charge in [-0.1, -0.05) is 24.3 Å². The lowest BCUT2D eigenvalue weighted by atomic mass is 9.88. The molecule has 1 amide bonds. The van der Waals surface area contributed by atoms with E-state index in [1.807, 2.05) is 24.3 Å². The maximum absolute atomic E-state index is 13.5. The third kappa shape index (κ3) is 3.88. The van der Waals surface area contributed by atoms with Crippen LogP contribution in [0.4, 0.5) is 10.1 Å². The van der Waals surface area contributed by atoms with Crippen LogP contribution in [0.3, 0.4) is 0 Å². The predicted octanol–water partition coefficient (Wildman–Crippen LogP) is 6.05. The molecule has 0 saturated heterocycles. The highest BCUT2D eigenvalue weighted by Crippen LogP contribution is 2.49. The molecule has 164 valence electrons. The molecule has 1 fully saturated rings. The van der Waals surface area contributed by atoms with E-state index < -0.39 is 11.8 Å². The maximum Gasteiger partial charge on any atom is 0.346 e. The number of anilines is 1. The largest absolute Gasteiger partial charge is 0.490 e. The Morgan fingerprint density at radius 1 is 1.12 bits per heavy atom. The smallest absolute Gasteiger partial charge is 0.346 e. The monoisotopic (exact) mass is 451 g/mol. The molecule has 1 aliphatic heterocycles. The molecule has 1 aliphatic carbocycles. The number of aromatic carboxylic acids is 1. The number of ether oxygens (including phenoxy) is 1. The summed E-state index contributed by atoms with van der Waals surface area (Å²) in [5.74, 6) is -1.16. The molecule has 5 rings (SSSR count). The van der Waals surface area contributed by atoms with Crippen LogP contribution >= 0.6 is 11.3 Å². The normalized spacial score (nSPS) is 18.3. The zero-order valence-electron chi connectivity index (χ0n) is 17.3. The van der Waals surface area contributed by atoms with Gasteiger partial charge >= 0.3 is 5.97 Å². The van der Waals surface area contributed by atoms with Gasteiger partial charge in [0.05, 0.1) is 11.8 Å². The molecule has 0 bridgehead atoms. The summed E-state index contributed by atoms with van der Waals surface area (Å²) in [6.45, 7) is 0. The molecule has 5 nitrogen and oxygen atoms in total. The van der Waals surface area contributed by atoms with Crippen molar-refractivity contribution in [2.45, 2.75) is 44.1 Å². The molecule has 0 radical (unpaired) electrons. The third-order valence-electron chi connectivity index (χ3n) is 6.10. The lowest BCUT2D eigenvalue weighted by molar-refractivity contribution is -0.116. The fourth-order valence-electron chi connectivity index (χ4n) is 4.60. The van der Waals surface area contributed by atoms with Gasteiger partial charge in [-0.25, -0.2) is 9.18 Å². The second kappa shape index (κ2) is 8.39. The highest BCUT2D eigenvalue weighted by Gasteiger charge is 2.34. The molecule has 2 aromatic carbocycles. The van der Waals surface area contributed by atoms with Gasteiger partial charge < -0.3 is 15.2 Å². The number of carbonyl (C=O) groups is 2. The van der Waals surface area contributed by atoms with Crippen molar-refractivity contribution in [3.05, 3.63) is 69.7 Å². The Balaban J connectivity index is 1.58. The summed E-state index contributed by atoms with van der Waals surface area (Å²) < 4.78 is 19.6. The summed E-state index contributed by atoms with van der Waals surface area (Å²) in [6, 6.07) is 13.4. The van der Waals surface area contributed by atoms with E-state index in [0.717, 1.165) is 40.4 Å². The van der Waals surface area contributed by atoms with E-state index in [1.165, 1.54) is 37.1 Å². The molecule has 2 aliphatic rings. The van der Waals surface area contributed by atoms with E-state index >= 15 is 0 Å². The summed E-state index contributed by atoms with van der Waals surface area (Å²) in [4.78, 5) is 25.6. The quantitative estimate of drug-likeness (QED) is 0.495. The number of carbonyl (C=O) groups excluding carboxylic acids is 1. The summed E-state index contributed by atoms with van der Waals surface area (Å²) in [6.07, 6.45) is 4.90. The van der Waals surface area contributed by atoms with E-state index in [1.54, 1.807) is 0 Å². The number of fused-ring (bicyclic) bond motifs is 1.